The number of fused-ring (bicyclic) bond motifs is 1. The summed E-state index contributed by atoms with van der Waals surface area (Å²) in [6, 6.07) is 12.0. The van der Waals surface area contributed by atoms with Gasteiger partial charge in [-0.15, -0.1) is 0 Å². The Morgan fingerprint density at radius 2 is 1.94 bits per heavy atom. The monoisotopic (exact) mass is 305 g/mol. The van der Waals surface area contributed by atoms with Gasteiger partial charge in [0.25, 0.3) is 0 Å². The normalized spacial score (nSPS) is 11.0. The van der Waals surface area contributed by atoms with Crippen molar-refractivity contribution >= 4 is 32.9 Å². The van der Waals surface area contributed by atoms with E-state index in [9.17, 15) is 4.39 Å². The van der Waals surface area contributed by atoms with E-state index < -0.39 is 0 Å². The summed E-state index contributed by atoms with van der Waals surface area (Å²) in [5.74, 6) is 0.0261. The molecule has 2 N–H and O–H groups in total. The van der Waals surface area contributed by atoms with E-state index in [0.717, 1.165) is 10.2 Å². The molecule has 3 nitrogen and oxygen atoms in total. The minimum atomic E-state index is -0.310. The van der Waals surface area contributed by atoms with Gasteiger partial charge in [0.05, 0.1) is 16.7 Å². The third kappa shape index (κ3) is 1.67. The molecule has 0 saturated carbocycles. The Labute approximate surface area is 111 Å². The van der Waals surface area contributed by atoms with Crippen molar-refractivity contribution in [2.24, 2.45) is 0 Å². The lowest BCUT2D eigenvalue weighted by atomic mass is 10.2. The molecule has 90 valence electrons. The number of nitrogens with zero attached hydrogens (tertiary/aromatic N) is 2. The predicted molar refractivity (Wildman–Crippen MR) is 73.1 cm³/mol. The molecule has 0 bridgehead atoms. The zero-order chi connectivity index (χ0) is 12.7. The van der Waals surface area contributed by atoms with Crippen LogP contribution in [0.4, 0.5) is 10.3 Å². The fourth-order valence-electron chi connectivity index (χ4n) is 1.95. The minimum Gasteiger partial charge on any atom is -0.369 e. The molecule has 0 aliphatic carbocycles. The van der Waals surface area contributed by atoms with E-state index in [0.29, 0.717) is 17.0 Å². The zero-order valence-electron chi connectivity index (χ0n) is 9.27. The number of rotatable bonds is 1. The van der Waals surface area contributed by atoms with Crippen LogP contribution in [0.2, 0.25) is 0 Å². The zero-order valence-corrected chi connectivity index (χ0v) is 10.9. The number of para-hydroxylation sites is 1. The van der Waals surface area contributed by atoms with Gasteiger partial charge in [-0.3, -0.25) is 4.57 Å². The topological polar surface area (TPSA) is 43.8 Å². The second-order valence-corrected chi connectivity index (χ2v) is 4.74. The molecule has 0 unspecified atom stereocenters. The van der Waals surface area contributed by atoms with Crippen LogP contribution in [0.3, 0.4) is 0 Å². The van der Waals surface area contributed by atoms with Crippen molar-refractivity contribution in [1.82, 2.24) is 9.55 Å². The van der Waals surface area contributed by atoms with Gasteiger partial charge in [-0.05, 0) is 40.2 Å². The molecular formula is C13H9BrFN3. The van der Waals surface area contributed by atoms with E-state index in [-0.39, 0.29) is 5.82 Å². The average Bonchev–Trinajstić information content (AvgIpc) is 2.66. The minimum absolute atomic E-state index is 0.310. The Hall–Kier alpha value is -1.88. The van der Waals surface area contributed by atoms with Gasteiger partial charge in [-0.1, -0.05) is 12.1 Å². The van der Waals surface area contributed by atoms with E-state index in [4.69, 9.17) is 5.73 Å². The molecule has 0 spiro atoms. The molecule has 0 amide bonds. The van der Waals surface area contributed by atoms with Gasteiger partial charge in [-0.2, -0.15) is 0 Å². The summed E-state index contributed by atoms with van der Waals surface area (Å²) in [5, 5.41) is 0. The first-order chi connectivity index (χ1) is 8.66. The van der Waals surface area contributed by atoms with Crippen LogP contribution in [-0.2, 0) is 0 Å². The van der Waals surface area contributed by atoms with Crippen LogP contribution < -0.4 is 5.73 Å². The standard InChI is InChI=1S/C13H9BrFN3/c14-9-3-1-2-4-11(9)18-12-7-8(15)5-6-10(12)17-13(18)16/h1-7H,(H2,16,17). The first-order valence-corrected chi connectivity index (χ1v) is 6.14. The van der Waals surface area contributed by atoms with Gasteiger partial charge in [0, 0.05) is 10.5 Å². The summed E-state index contributed by atoms with van der Waals surface area (Å²) >= 11 is 3.46. The third-order valence-electron chi connectivity index (χ3n) is 2.74. The predicted octanol–water partition coefficient (Wildman–Crippen LogP) is 3.51. The Morgan fingerprint density at radius 1 is 1.17 bits per heavy atom. The lowest BCUT2D eigenvalue weighted by molar-refractivity contribution is 0.629. The molecule has 0 fully saturated rings. The van der Waals surface area contributed by atoms with E-state index in [1.807, 2.05) is 24.3 Å². The van der Waals surface area contributed by atoms with Crippen LogP contribution in [0.15, 0.2) is 46.9 Å². The van der Waals surface area contributed by atoms with E-state index in [1.165, 1.54) is 12.1 Å². The van der Waals surface area contributed by atoms with Crippen molar-refractivity contribution in [3.8, 4) is 5.69 Å². The van der Waals surface area contributed by atoms with E-state index in [1.54, 1.807) is 10.6 Å². The maximum absolute atomic E-state index is 13.3. The largest absolute Gasteiger partial charge is 0.369 e. The lowest BCUT2D eigenvalue weighted by Crippen LogP contribution is -2.01. The summed E-state index contributed by atoms with van der Waals surface area (Å²) in [5.41, 5.74) is 8.07. The SMILES string of the molecule is Nc1nc2ccc(F)cc2n1-c1ccccc1Br. The molecule has 0 aliphatic rings. The summed E-state index contributed by atoms with van der Waals surface area (Å²) < 4.78 is 15.9. The lowest BCUT2D eigenvalue weighted by Gasteiger charge is -2.08. The van der Waals surface area contributed by atoms with Crippen molar-refractivity contribution in [1.29, 1.82) is 0 Å². The highest BCUT2D eigenvalue weighted by Crippen LogP contribution is 2.28. The summed E-state index contributed by atoms with van der Waals surface area (Å²) in [4.78, 5) is 4.22. The highest BCUT2D eigenvalue weighted by atomic mass is 79.9. The molecule has 3 rings (SSSR count). The summed E-state index contributed by atoms with van der Waals surface area (Å²) in [6.45, 7) is 0. The van der Waals surface area contributed by atoms with E-state index in [2.05, 4.69) is 20.9 Å². The van der Waals surface area contributed by atoms with Crippen molar-refractivity contribution in [2.45, 2.75) is 0 Å². The Balaban J connectivity index is 2.38. The number of nitrogen functional groups attached to an aromatic ring is 1. The Morgan fingerprint density at radius 3 is 2.72 bits per heavy atom. The van der Waals surface area contributed by atoms with Crippen LogP contribution in [0, 0.1) is 5.82 Å². The highest BCUT2D eigenvalue weighted by Gasteiger charge is 2.12. The molecule has 18 heavy (non-hydrogen) atoms. The third-order valence-corrected chi connectivity index (χ3v) is 3.41. The molecule has 5 heteroatoms. The van der Waals surface area contributed by atoms with Crippen LogP contribution in [0.25, 0.3) is 16.7 Å². The number of anilines is 1. The van der Waals surface area contributed by atoms with E-state index >= 15 is 0 Å². The first-order valence-electron chi connectivity index (χ1n) is 5.35. The number of hydrogen-bond donors (Lipinski definition) is 1. The number of aromatic nitrogens is 2. The van der Waals surface area contributed by atoms with Gasteiger partial charge in [0.1, 0.15) is 5.82 Å². The fraction of sp³-hybridized carbons (Fsp3) is 0. The van der Waals surface area contributed by atoms with Crippen LogP contribution in [0.1, 0.15) is 0 Å². The van der Waals surface area contributed by atoms with Gasteiger partial charge >= 0.3 is 0 Å². The van der Waals surface area contributed by atoms with Crippen molar-refractivity contribution in [3.05, 3.63) is 52.8 Å². The molecule has 3 aromatic rings. The maximum Gasteiger partial charge on any atom is 0.205 e. The van der Waals surface area contributed by atoms with Gasteiger partial charge in [0.15, 0.2) is 0 Å². The van der Waals surface area contributed by atoms with Crippen molar-refractivity contribution in [2.75, 3.05) is 5.73 Å². The molecule has 0 atom stereocenters. The Kier molecular flexibility index (Phi) is 2.56. The van der Waals surface area contributed by atoms with Gasteiger partial charge in [-0.25, -0.2) is 9.37 Å². The van der Waals surface area contributed by atoms with Crippen LogP contribution in [0.5, 0.6) is 0 Å². The molecule has 0 radical (unpaired) electrons. The molecule has 0 saturated heterocycles. The van der Waals surface area contributed by atoms with Crippen molar-refractivity contribution < 1.29 is 4.39 Å². The molecular weight excluding hydrogens is 297 g/mol. The highest BCUT2D eigenvalue weighted by molar-refractivity contribution is 9.10. The summed E-state index contributed by atoms with van der Waals surface area (Å²) in [7, 11) is 0. The maximum atomic E-state index is 13.3. The van der Waals surface area contributed by atoms with Crippen LogP contribution in [-0.4, -0.2) is 9.55 Å². The van der Waals surface area contributed by atoms with Gasteiger partial charge in [0.2, 0.25) is 5.95 Å². The molecule has 0 aliphatic heterocycles. The molecule has 2 aromatic carbocycles. The number of nitrogens with two attached hydrogens (primary N) is 1. The fourth-order valence-corrected chi connectivity index (χ4v) is 2.42. The number of hydrogen-bond acceptors (Lipinski definition) is 2. The second-order valence-electron chi connectivity index (χ2n) is 3.89. The Bertz CT molecular complexity index is 736. The van der Waals surface area contributed by atoms with Crippen molar-refractivity contribution in [3.63, 3.8) is 0 Å². The number of halogens is 2. The first kappa shape index (κ1) is 11.2. The average molecular weight is 306 g/mol. The number of benzene rings is 2. The summed E-state index contributed by atoms with van der Waals surface area (Å²) in [6.07, 6.45) is 0. The molecule has 1 aromatic heterocycles. The number of imidazole rings is 1. The quantitative estimate of drug-likeness (QED) is 0.747. The van der Waals surface area contributed by atoms with Crippen LogP contribution >= 0.6 is 15.9 Å². The smallest absolute Gasteiger partial charge is 0.205 e. The van der Waals surface area contributed by atoms with Gasteiger partial charge < -0.3 is 5.73 Å². The second kappa shape index (κ2) is 4.10. The molecule has 1 heterocycles.